The van der Waals surface area contributed by atoms with E-state index in [9.17, 15) is 9.90 Å². The van der Waals surface area contributed by atoms with E-state index in [0.717, 1.165) is 15.2 Å². The lowest BCUT2D eigenvalue weighted by Crippen LogP contribution is -2.33. The van der Waals surface area contributed by atoms with Crippen LogP contribution in [0.25, 0.3) is 10.8 Å². The topological polar surface area (TPSA) is 70.9 Å². The zero-order valence-corrected chi connectivity index (χ0v) is 15.6. The van der Waals surface area contributed by atoms with E-state index < -0.39 is 12.0 Å². The molecule has 132 valence electrons. The van der Waals surface area contributed by atoms with Crippen LogP contribution in [-0.2, 0) is 4.79 Å². The number of phenolic OH excluding ortho intramolecular Hbond substituents is 1. The molecule has 0 fully saturated rings. The van der Waals surface area contributed by atoms with Crippen LogP contribution >= 0.6 is 15.9 Å². The minimum absolute atomic E-state index is 0.0965. The summed E-state index contributed by atoms with van der Waals surface area (Å²) >= 11 is 3.37. The van der Waals surface area contributed by atoms with E-state index in [4.69, 9.17) is 4.74 Å². The molecule has 26 heavy (non-hydrogen) atoms. The number of hydrogen-bond donors (Lipinski definition) is 2. The Hall–Kier alpha value is -2.86. The summed E-state index contributed by atoms with van der Waals surface area (Å²) in [6.45, 7) is 1.64. The van der Waals surface area contributed by atoms with Gasteiger partial charge in [-0.2, -0.15) is 5.10 Å². The summed E-state index contributed by atoms with van der Waals surface area (Å²) in [5.41, 5.74) is 2.99. The quantitative estimate of drug-likeness (QED) is 0.486. The molecule has 0 spiro atoms. The first-order valence-corrected chi connectivity index (χ1v) is 8.80. The van der Waals surface area contributed by atoms with Gasteiger partial charge in [0.2, 0.25) is 0 Å². The van der Waals surface area contributed by atoms with Gasteiger partial charge in [0.05, 0.1) is 10.7 Å². The monoisotopic (exact) mass is 412 g/mol. The van der Waals surface area contributed by atoms with Gasteiger partial charge < -0.3 is 9.84 Å². The van der Waals surface area contributed by atoms with Gasteiger partial charge in [0.1, 0.15) is 11.5 Å². The van der Waals surface area contributed by atoms with Crippen molar-refractivity contribution in [2.45, 2.75) is 13.0 Å². The predicted octanol–water partition coefficient (Wildman–Crippen LogP) is 4.23. The summed E-state index contributed by atoms with van der Waals surface area (Å²) in [6, 6.07) is 18.4. The van der Waals surface area contributed by atoms with E-state index in [1.54, 1.807) is 19.1 Å². The number of nitrogens with one attached hydrogen (secondary N) is 1. The number of hydrogen-bond acceptors (Lipinski definition) is 4. The lowest BCUT2D eigenvalue weighted by Gasteiger charge is -2.14. The van der Waals surface area contributed by atoms with Crippen molar-refractivity contribution in [3.8, 4) is 11.5 Å². The summed E-state index contributed by atoms with van der Waals surface area (Å²) in [6.07, 6.45) is 0.702. The number of ether oxygens (including phenoxy) is 1. The normalized spacial score (nSPS) is 12.2. The first-order valence-electron chi connectivity index (χ1n) is 8.01. The molecule has 0 heterocycles. The molecule has 0 aliphatic carbocycles. The van der Waals surface area contributed by atoms with Crippen LogP contribution in [0.3, 0.4) is 0 Å². The van der Waals surface area contributed by atoms with Crippen LogP contribution in [0.1, 0.15) is 12.5 Å². The van der Waals surface area contributed by atoms with Gasteiger partial charge in [0.25, 0.3) is 5.91 Å². The minimum Gasteiger partial charge on any atom is -0.507 e. The number of aromatic hydroxyl groups is 1. The molecule has 3 aromatic carbocycles. The Morgan fingerprint density at radius 3 is 2.69 bits per heavy atom. The van der Waals surface area contributed by atoms with E-state index >= 15 is 0 Å². The highest BCUT2D eigenvalue weighted by Crippen LogP contribution is 2.26. The van der Waals surface area contributed by atoms with E-state index in [-0.39, 0.29) is 5.75 Å². The summed E-state index contributed by atoms with van der Waals surface area (Å²) < 4.78 is 6.39. The van der Waals surface area contributed by atoms with Crippen LogP contribution in [0.15, 0.2) is 70.2 Å². The molecule has 0 aromatic heterocycles. The second kappa shape index (κ2) is 8.01. The number of carbonyl (C=O) groups excluding carboxylic acids is 1. The zero-order chi connectivity index (χ0) is 18.5. The Morgan fingerprint density at radius 1 is 1.15 bits per heavy atom. The van der Waals surface area contributed by atoms with Crippen LogP contribution in [0, 0.1) is 0 Å². The average molecular weight is 413 g/mol. The molecule has 1 atom stereocenters. The fraction of sp³-hybridized carbons (Fsp3) is 0.100. The van der Waals surface area contributed by atoms with Gasteiger partial charge in [-0.25, -0.2) is 5.43 Å². The van der Waals surface area contributed by atoms with E-state index in [2.05, 4.69) is 26.5 Å². The van der Waals surface area contributed by atoms with E-state index in [1.807, 2.05) is 48.5 Å². The molecule has 0 saturated carbocycles. The van der Waals surface area contributed by atoms with Gasteiger partial charge in [-0.1, -0.05) is 42.5 Å². The zero-order valence-electron chi connectivity index (χ0n) is 14.0. The molecule has 3 aromatic rings. The second-order valence-corrected chi connectivity index (χ2v) is 6.50. The molecule has 0 aliphatic rings. The van der Waals surface area contributed by atoms with Gasteiger partial charge in [-0.3, -0.25) is 4.79 Å². The molecule has 0 aliphatic heterocycles. The Morgan fingerprint density at radius 2 is 1.88 bits per heavy atom. The number of phenols is 1. The lowest BCUT2D eigenvalue weighted by atomic mass is 10.0. The summed E-state index contributed by atoms with van der Waals surface area (Å²) in [7, 11) is 0. The average Bonchev–Trinajstić information content (AvgIpc) is 2.65. The van der Waals surface area contributed by atoms with Crippen molar-refractivity contribution in [3.63, 3.8) is 0 Å². The summed E-state index contributed by atoms with van der Waals surface area (Å²) in [5.74, 6) is 0.279. The molecule has 0 radical (unpaired) electrons. The molecule has 5 nitrogen and oxygen atoms in total. The largest absolute Gasteiger partial charge is 0.507 e. The number of fused-ring (bicyclic) bond motifs is 1. The fourth-order valence-electron chi connectivity index (χ4n) is 2.46. The number of para-hydroxylation sites is 1. The van der Waals surface area contributed by atoms with Crippen LogP contribution in [0.4, 0.5) is 0 Å². The third-order valence-corrected chi connectivity index (χ3v) is 4.48. The van der Waals surface area contributed by atoms with Crippen LogP contribution in [0.2, 0.25) is 0 Å². The summed E-state index contributed by atoms with van der Waals surface area (Å²) in [5, 5.41) is 15.9. The number of hydrazone groups is 1. The fourth-order valence-corrected chi connectivity index (χ4v) is 2.83. The highest BCUT2D eigenvalue weighted by atomic mass is 79.9. The maximum Gasteiger partial charge on any atom is 0.280 e. The van der Waals surface area contributed by atoms with Crippen molar-refractivity contribution in [2.24, 2.45) is 5.10 Å². The second-order valence-electron chi connectivity index (χ2n) is 5.64. The maximum atomic E-state index is 12.2. The van der Waals surface area contributed by atoms with Crippen molar-refractivity contribution >= 4 is 38.8 Å². The summed E-state index contributed by atoms with van der Waals surface area (Å²) in [4.78, 5) is 12.2. The highest BCUT2D eigenvalue weighted by molar-refractivity contribution is 9.10. The SMILES string of the molecule is CC(Oc1ccccc1Br)C(=O)N/N=C/c1c(O)ccc2ccccc12. The number of nitrogens with zero attached hydrogens (tertiary/aromatic N) is 1. The lowest BCUT2D eigenvalue weighted by molar-refractivity contribution is -0.127. The first-order chi connectivity index (χ1) is 12.6. The molecule has 0 bridgehead atoms. The third kappa shape index (κ3) is 4.03. The smallest absolute Gasteiger partial charge is 0.280 e. The first kappa shape index (κ1) is 17.9. The number of halogens is 1. The molecule has 6 heteroatoms. The van der Waals surface area contributed by atoms with Crippen molar-refractivity contribution in [1.29, 1.82) is 0 Å². The maximum absolute atomic E-state index is 12.2. The van der Waals surface area contributed by atoms with Crippen LogP contribution in [0.5, 0.6) is 11.5 Å². The number of carbonyl (C=O) groups is 1. The van der Waals surface area contributed by atoms with Crippen LogP contribution in [-0.4, -0.2) is 23.3 Å². The molecule has 2 N–H and O–H groups in total. The molecular formula is C20H17BrN2O3. The van der Waals surface area contributed by atoms with Crippen molar-refractivity contribution in [1.82, 2.24) is 5.43 Å². The minimum atomic E-state index is -0.730. The van der Waals surface area contributed by atoms with Gasteiger partial charge in [0, 0.05) is 5.56 Å². The van der Waals surface area contributed by atoms with Crippen molar-refractivity contribution in [3.05, 3.63) is 70.7 Å². The van der Waals surface area contributed by atoms with Gasteiger partial charge >= 0.3 is 0 Å². The Bertz CT molecular complexity index is 972. The molecule has 1 amide bonds. The molecule has 1 unspecified atom stereocenters. The van der Waals surface area contributed by atoms with Crippen molar-refractivity contribution < 1.29 is 14.6 Å². The highest BCUT2D eigenvalue weighted by Gasteiger charge is 2.15. The predicted molar refractivity (Wildman–Crippen MR) is 106 cm³/mol. The third-order valence-electron chi connectivity index (χ3n) is 3.83. The molecule has 0 saturated heterocycles. The standard InChI is InChI=1S/C20H17BrN2O3/c1-13(26-19-9-5-4-8-17(19)21)20(25)23-22-12-16-15-7-3-2-6-14(15)10-11-18(16)24/h2-13,24H,1H3,(H,23,25)/b22-12+. The van der Waals surface area contributed by atoms with Crippen molar-refractivity contribution in [2.75, 3.05) is 0 Å². The number of amides is 1. The molecule has 3 rings (SSSR count). The van der Waals surface area contributed by atoms with Gasteiger partial charge in [-0.05, 0) is 51.8 Å². The Labute approximate surface area is 159 Å². The molecular weight excluding hydrogens is 396 g/mol. The Balaban J connectivity index is 1.70. The van der Waals surface area contributed by atoms with Gasteiger partial charge in [-0.15, -0.1) is 0 Å². The van der Waals surface area contributed by atoms with Crippen LogP contribution < -0.4 is 10.2 Å². The number of rotatable bonds is 5. The van der Waals surface area contributed by atoms with E-state index in [0.29, 0.717) is 11.3 Å². The number of benzene rings is 3. The van der Waals surface area contributed by atoms with Gasteiger partial charge in [0.15, 0.2) is 6.10 Å². The Kier molecular flexibility index (Phi) is 5.53. The van der Waals surface area contributed by atoms with E-state index in [1.165, 1.54) is 6.21 Å².